The average Bonchev–Trinajstić information content (AvgIpc) is 2.34. The summed E-state index contributed by atoms with van der Waals surface area (Å²) in [7, 11) is 0. The molecule has 1 N–H and O–H groups in total. The first kappa shape index (κ1) is 14.5. The quantitative estimate of drug-likeness (QED) is 0.747. The van der Waals surface area contributed by atoms with Crippen LogP contribution in [0, 0.1) is 5.92 Å². The van der Waals surface area contributed by atoms with Crippen molar-refractivity contribution in [3.63, 3.8) is 0 Å². The summed E-state index contributed by atoms with van der Waals surface area (Å²) in [4.78, 5) is 16.3. The number of amides is 1. The third kappa shape index (κ3) is 5.50. The largest absolute Gasteiger partial charge is 0.340 e. The van der Waals surface area contributed by atoms with Crippen LogP contribution in [0.25, 0.3) is 0 Å². The maximum absolute atomic E-state index is 12.0. The van der Waals surface area contributed by atoms with E-state index in [0.717, 1.165) is 45.8 Å². The van der Waals surface area contributed by atoms with Gasteiger partial charge in [-0.15, -0.1) is 0 Å². The summed E-state index contributed by atoms with van der Waals surface area (Å²) in [6.45, 7) is 13.3. The van der Waals surface area contributed by atoms with Crippen LogP contribution in [0.15, 0.2) is 0 Å². The number of carbonyl (C=O) groups excluding carboxylic acids is 1. The lowest BCUT2D eigenvalue weighted by molar-refractivity contribution is -0.132. The fourth-order valence-electron chi connectivity index (χ4n) is 2.22. The highest BCUT2D eigenvalue weighted by atomic mass is 16.2. The molecule has 0 atom stereocenters. The normalized spacial score (nSPS) is 16.9. The minimum atomic E-state index is 0.314. The smallest absolute Gasteiger partial charge is 0.223 e. The number of hydrogen-bond acceptors (Lipinski definition) is 3. The molecular weight excluding hydrogens is 214 g/mol. The Hall–Kier alpha value is -0.610. The summed E-state index contributed by atoms with van der Waals surface area (Å²) in [5, 5.41) is 3.27. The van der Waals surface area contributed by atoms with E-state index >= 15 is 0 Å². The molecule has 100 valence electrons. The van der Waals surface area contributed by atoms with Crippen molar-refractivity contribution < 1.29 is 4.79 Å². The second-order valence-electron chi connectivity index (χ2n) is 5.17. The first-order valence-corrected chi connectivity index (χ1v) is 6.84. The molecule has 17 heavy (non-hydrogen) atoms. The van der Waals surface area contributed by atoms with Gasteiger partial charge in [-0.2, -0.15) is 0 Å². The third-order valence-electron chi connectivity index (χ3n) is 3.18. The van der Waals surface area contributed by atoms with Gasteiger partial charge in [-0.25, -0.2) is 0 Å². The summed E-state index contributed by atoms with van der Waals surface area (Å²) in [5.74, 6) is 0.984. The van der Waals surface area contributed by atoms with E-state index in [0.29, 0.717) is 18.2 Å². The van der Waals surface area contributed by atoms with E-state index in [9.17, 15) is 4.79 Å². The molecule has 0 spiro atoms. The van der Waals surface area contributed by atoms with Crippen LogP contribution in [0.2, 0.25) is 0 Å². The second kappa shape index (κ2) is 7.67. The molecule has 1 heterocycles. The van der Waals surface area contributed by atoms with Gasteiger partial charge < -0.3 is 15.1 Å². The SMILES string of the molecule is CCN(CCC(=O)N1CCNCC1)CC(C)C. The maximum Gasteiger partial charge on any atom is 0.223 e. The zero-order valence-corrected chi connectivity index (χ0v) is 11.5. The Morgan fingerprint density at radius 1 is 1.35 bits per heavy atom. The Labute approximate surface area is 105 Å². The predicted octanol–water partition coefficient (Wildman–Crippen LogP) is 0.786. The van der Waals surface area contributed by atoms with Crippen molar-refractivity contribution in [1.29, 1.82) is 0 Å². The molecular formula is C13H27N3O. The first-order valence-electron chi connectivity index (χ1n) is 6.84. The number of piperazine rings is 1. The zero-order chi connectivity index (χ0) is 12.7. The van der Waals surface area contributed by atoms with Crippen molar-refractivity contribution in [1.82, 2.24) is 15.1 Å². The lowest BCUT2D eigenvalue weighted by Gasteiger charge is -2.29. The van der Waals surface area contributed by atoms with E-state index in [4.69, 9.17) is 0 Å². The van der Waals surface area contributed by atoms with Crippen LogP contribution >= 0.6 is 0 Å². The Morgan fingerprint density at radius 2 is 2.00 bits per heavy atom. The molecule has 1 aliphatic heterocycles. The lowest BCUT2D eigenvalue weighted by Crippen LogP contribution is -2.47. The molecule has 1 saturated heterocycles. The predicted molar refractivity (Wildman–Crippen MR) is 71.0 cm³/mol. The van der Waals surface area contributed by atoms with Gasteiger partial charge in [-0.1, -0.05) is 20.8 Å². The molecule has 0 bridgehead atoms. The lowest BCUT2D eigenvalue weighted by atomic mass is 10.2. The molecule has 0 aromatic rings. The van der Waals surface area contributed by atoms with Crippen molar-refractivity contribution in [2.24, 2.45) is 5.92 Å². The van der Waals surface area contributed by atoms with E-state index in [-0.39, 0.29) is 0 Å². The molecule has 0 aromatic heterocycles. The van der Waals surface area contributed by atoms with Crippen LogP contribution in [0.5, 0.6) is 0 Å². The molecule has 0 radical (unpaired) electrons. The van der Waals surface area contributed by atoms with E-state index < -0.39 is 0 Å². The van der Waals surface area contributed by atoms with Gasteiger partial charge in [-0.3, -0.25) is 4.79 Å². The molecule has 0 saturated carbocycles. The fraction of sp³-hybridized carbons (Fsp3) is 0.923. The molecule has 0 aromatic carbocycles. The summed E-state index contributed by atoms with van der Waals surface area (Å²) in [6.07, 6.45) is 0.667. The van der Waals surface area contributed by atoms with E-state index in [2.05, 4.69) is 31.0 Å². The molecule has 1 aliphatic rings. The Kier molecular flexibility index (Phi) is 6.52. The average molecular weight is 241 g/mol. The van der Waals surface area contributed by atoms with Gasteiger partial charge in [0.2, 0.25) is 5.91 Å². The summed E-state index contributed by atoms with van der Waals surface area (Å²) in [5.41, 5.74) is 0. The van der Waals surface area contributed by atoms with Gasteiger partial charge in [-0.05, 0) is 12.5 Å². The van der Waals surface area contributed by atoms with Gasteiger partial charge in [0.15, 0.2) is 0 Å². The van der Waals surface area contributed by atoms with Gasteiger partial charge in [0.1, 0.15) is 0 Å². The summed E-state index contributed by atoms with van der Waals surface area (Å²) < 4.78 is 0. The molecule has 4 nitrogen and oxygen atoms in total. The fourth-order valence-corrected chi connectivity index (χ4v) is 2.22. The number of carbonyl (C=O) groups is 1. The number of rotatable bonds is 6. The standard InChI is InChI=1S/C13H27N3O/c1-4-15(11-12(2)3)8-5-13(17)16-9-6-14-7-10-16/h12,14H,4-11H2,1-3H3. The van der Waals surface area contributed by atoms with Crippen molar-refractivity contribution >= 4 is 5.91 Å². The highest BCUT2D eigenvalue weighted by molar-refractivity contribution is 5.76. The monoisotopic (exact) mass is 241 g/mol. The molecule has 1 fully saturated rings. The van der Waals surface area contributed by atoms with Crippen LogP contribution in [-0.4, -0.2) is 61.5 Å². The maximum atomic E-state index is 12.0. The number of hydrogen-bond donors (Lipinski definition) is 1. The van der Waals surface area contributed by atoms with Gasteiger partial charge in [0.25, 0.3) is 0 Å². The zero-order valence-electron chi connectivity index (χ0n) is 11.5. The highest BCUT2D eigenvalue weighted by Gasteiger charge is 2.16. The summed E-state index contributed by atoms with van der Waals surface area (Å²) >= 11 is 0. The van der Waals surface area contributed by atoms with E-state index in [1.807, 2.05) is 4.90 Å². The molecule has 4 heteroatoms. The van der Waals surface area contributed by atoms with Crippen LogP contribution < -0.4 is 5.32 Å². The van der Waals surface area contributed by atoms with Gasteiger partial charge in [0.05, 0.1) is 0 Å². The molecule has 1 amide bonds. The first-order chi connectivity index (χ1) is 8.13. The van der Waals surface area contributed by atoms with E-state index in [1.54, 1.807) is 0 Å². The van der Waals surface area contributed by atoms with Crippen LogP contribution in [-0.2, 0) is 4.79 Å². The van der Waals surface area contributed by atoms with Gasteiger partial charge >= 0.3 is 0 Å². The molecule has 0 unspecified atom stereocenters. The Balaban J connectivity index is 2.25. The summed E-state index contributed by atoms with van der Waals surface area (Å²) in [6, 6.07) is 0. The minimum Gasteiger partial charge on any atom is -0.340 e. The van der Waals surface area contributed by atoms with Crippen LogP contribution in [0.3, 0.4) is 0 Å². The Bertz CT molecular complexity index is 225. The molecule has 0 aliphatic carbocycles. The van der Waals surface area contributed by atoms with Crippen LogP contribution in [0.4, 0.5) is 0 Å². The highest BCUT2D eigenvalue weighted by Crippen LogP contribution is 2.02. The topological polar surface area (TPSA) is 35.6 Å². The number of nitrogens with zero attached hydrogens (tertiary/aromatic N) is 2. The van der Waals surface area contributed by atoms with Crippen molar-refractivity contribution in [2.75, 3.05) is 45.8 Å². The number of nitrogens with one attached hydrogen (secondary N) is 1. The van der Waals surface area contributed by atoms with Gasteiger partial charge in [0, 0.05) is 45.7 Å². The molecule has 1 rings (SSSR count). The second-order valence-corrected chi connectivity index (χ2v) is 5.17. The van der Waals surface area contributed by atoms with E-state index in [1.165, 1.54) is 0 Å². The minimum absolute atomic E-state index is 0.314. The van der Waals surface area contributed by atoms with Crippen molar-refractivity contribution in [2.45, 2.75) is 27.2 Å². The van der Waals surface area contributed by atoms with Crippen molar-refractivity contribution in [3.05, 3.63) is 0 Å². The Morgan fingerprint density at radius 3 is 2.53 bits per heavy atom. The third-order valence-corrected chi connectivity index (χ3v) is 3.18. The van der Waals surface area contributed by atoms with Crippen molar-refractivity contribution in [3.8, 4) is 0 Å². The van der Waals surface area contributed by atoms with Crippen LogP contribution in [0.1, 0.15) is 27.2 Å².